The molecule has 0 unspecified atom stereocenters. The molecule has 92 valence electrons. The molecule has 1 aliphatic rings. The van der Waals surface area contributed by atoms with Gasteiger partial charge in [0.2, 0.25) is 5.91 Å². The zero-order valence-corrected chi connectivity index (χ0v) is 9.98. The van der Waals surface area contributed by atoms with Crippen LogP contribution in [0.25, 0.3) is 0 Å². The monoisotopic (exact) mass is 234 g/mol. The summed E-state index contributed by atoms with van der Waals surface area (Å²) in [5, 5.41) is 11.4. The summed E-state index contributed by atoms with van der Waals surface area (Å²) in [5.74, 6) is 2.53. The number of hydrogen-bond donors (Lipinski definition) is 1. The Labute approximate surface area is 102 Å². The molecule has 0 radical (unpaired) electrons. The minimum atomic E-state index is 0.0974. The molecule has 0 saturated carbocycles. The molecule has 0 aliphatic carbocycles. The summed E-state index contributed by atoms with van der Waals surface area (Å²) >= 11 is 0. The third-order valence-corrected chi connectivity index (χ3v) is 2.77. The van der Waals surface area contributed by atoms with Crippen molar-refractivity contribution in [2.75, 3.05) is 45.8 Å². The van der Waals surface area contributed by atoms with Gasteiger partial charge >= 0.3 is 0 Å². The first-order chi connectivity index (χ1) is 8.27. The van der Waals surface area contributed by atoms with Gasteiger partial charge in [-0.2, -0.15) is 5.26 Å². The lowest BCUT2D eigenvalue weighted by atomic mass is 10.3. The van der Waals surface area contributed by atoms with Gasteiger partial charge < -0.3 is 4.90 Å². The summed E-state index contributed by atoms with van der Waals surface area (Å²) in [5.41, 5.74) is 0. The molecular weight excluding hydrogens is 216 g/mol. The van der Waals surface area contributed by atoms with Crippen LogP contribution in [0, 0.1) is 23.7 Å². The maximum Gasteiger partial charge on any atom is 0.236 e. The van der Waals surface area contributed by atoms with Crippen LogP contribution < -0.4 is 5.32 Å². The number of amides is 1. The highest BCUT2D eigenvalue weighted by atomic mass is 16.2. The molecule has 0 spiro atoms. The van der Waals surface area contributed by atoms with E-state index in [4.69, 9.17) is 11.7 Å². The second-order valence-corrected chi connectivity index (χ2v) is 3.94. The van der Waals surface area contributed by atoms with Crippen molar-refractivity contribution in [2.24, 2.45) is 0 Å². The molecular formula is C12H18N4O. The topological polar surface area (TPSA) is 59.4 Å². The number of hydrogen-bond acceptors (Lipinski definition) is 4. The molecule has 0 aromatic rings. The maximum atomic E-state index is 11.7. The van der Waals surface area contributed by atoms with Crippen molar-refractivity contribution in [3.8, 4) is 18.4 Å². The van der Waals surface area contributed by atoms with Crippen LogP contribution in [0.4, 0.5) is 0 Å². The van der Waals surface area contributed by atoms with Crippen LogP contribution in [0.2, 0.25) is 0 Å². The van der Waals surface area contributed by atoms with Crippen molar-refractivity contribution >= 4 is 5.91 Å². The van der Waals surface area contributed by atoms with Crippen molar-refractivity contribution in [3.05, 3.63) is 0 Å². The first-order valence-corrected chi connectivity index (χ1v) is 5.79. The molecule has 5 nitrogen and oxygen atoms in total. The molecule has 5 heteroatoms. The zero-order valence-electron chi connectivity index (χ0n) is 9.98. The molecule has 1 aliphatic heterocycles. The Hall–Kier alpha value is -1.56. The SMILES string of the molecule is C#CCNCC(=O)N1CCN(CCC#N)CC1. The Morgan fingerprint density at radius 1 is 1.35 bits per heavy atom. The van der Waals surface area contributed by atoms with Gasteiger partial charge in [0.05, 0.1) is 19.2 Å². The predicted molar refractivity (Wildman–Crippen MR) is 65.0 cm³/mol. The van der Waals surface area contributed by atoms with Crippen molar-refractivity contribution < 1.29 is 4.79 Å². The molecule has 0 aromatic carbocycles. The molecule has 1 amide bonds. The van der Waals surface area contributed by atoms with E-state index in [2.05, 4.69) is 22.2 Å². The molecule has 0 bridgehead atoms. The van der Waals surface area contributed by atoms with Crippen LogP contribution in [-0.4, -0.2) is 61.5 Å². The Kier molecular flexibility index (Phi) is 6.09. The number of nitriles is 1. The minimum absolute atomic E-state index is 0.0974. The summed E-state index contributed by atoms with van der Waals surface area (Å²) in [6, 6.07) is 2.13. The Balaban J connectivity index is 2.20. The molecule has 1 saturated heterocycles. The lowest BCUT2D eigenvalue weighted by Crippen LogP contribution is -2.50. The van der Waals surface area contributed by atoms with Gasteiger partial charge in [0, 0.05) is 39.1 Å². The average molecular weight is 234 g/mol. The van der Waals surface area contributed by atoms with E-state index < -0.39 is 0 Å². The molecule has 17 heavy (non-hydrogen) atoms. The molecule has 1 N–H and O–H groups in total. The van der Waals surface area contributed by atoms with Crippen LogP contribution in [-0.2, 0) is 4.79 Å². The van der Waals surface area contributed by atoms with E-state index in [1.54, 1.807) is 0 Å². The Morgan fingerprint density at radius 2 is 2.06 bits per heavy atom. The van der Waals surface area contributed by atoms with E-state index in [1.807, 2.05) is 4.90 Å². The smallest absolute Gasteiger partial charge is 0.236 e. The number of nitrogens with one attached hydrogen (secondary N) is 1. The van der Waals surface area contributed by atoms with E-state index in [0.29, 0.717) is 19.5 Å². The highest BCUT2D eigenvalue weighted by Crippen LogP contribution is 2.02. The molecule has 0 aromatic heterocycles. The van der Waals surface area contributed by atoms with E-state index >= 15 is 0 Å². The summed E-state index contributed by atoms with van der Waals surface area (Å²) < 4.78 is 0. The zero-order chi connectivity index (χ0) is 12.5. The van der Waals surface area contributed by atoms with Gasteiger partial charge in [-0.1, -0.05) is 5.92 Å². The average Bonchev–Trinajstić information content (AvgIpc) is 2.37. The van der Waals surface area contributed by atoms with Gasteiger partial charge in [-0.15, -0.1) is 6.42 Å². The fourth-order valence-electron chi connectivity index (χ4n) is 1.78. The fraction of sp³-hybridized carbons (Fsp3) is 0.667. The summed E-state index contributed by atoms with van der Waals surface area (Å²) in [6.45, 7) is 4.71. The van der Waals surface area contributed by atoms with Crippen LogP contribution in [0.1, 0.15) is 6.42 Å². The van der Waals surface area contributed by atoms with Gasteiger partial charge in [-0.25, -0.2) is 0 Å². The third-order valence-electron chi connectivity index (χ3n) is 2.77. The van der Waals surface area contributed by atoms with Gasteiger partial charge in [0.15, 0.2) is 0 Å². The van der Waals surface area contributed by atoms with Crippen LogP contribution in [0.15, 0.2) is 0 Å². The van der Waals surface area contributed by atoms with Gasteiger partial charge in [0.25, 0.3) is 0 Å². The van der Waals surface area contributed by atoms with Gasteiger partial charge in [-0.3, -0.25) is 15.0 Å². The standard InChI is InChI=1S/C12H18N4O/c1-2-5-14-11-12(17)16-9-7-15(8-10-16)6-3-4-13/h1,14H,3,5-11H2. The van der Waals surface area contributed by atoms with E-state index in [-0.39, 0.29) is 5.91 Å². The van der Waals surface area contributed by atoms with E-state index in [0.717, 1.165) is 32.7 Å². The highest BCUT2D eigenvalue weighted by Gasteiger charge is 2.19. The first kappa shape index (κ1) is 13.5. The van der Waals surface area contributed by atoms with Crippen LogP contribution in [0.3, 0.4) is 0 Å². The van der Waals surface area contributed by atoms with E-state index in [9.17, 15) is 4.79 Å². The summed E-state index contributed by atoms with van der Waals surface area (Å²) in [6.07, 6.45) is 5.64. The summed E-state index contributed by atoms with van der Waals surface area (Å²) in [4.78, 5) is 15.8. The second kappa shape index (κ2) is 7.67. The Morgan fingerprint density at radius 3 is 2.65 bits per heavy atom. The summed E-state index contributed by atoms with van der Waals surface area (Å²) in [7, 11) is 0. The van der Waals surface area contributed by atoms with E-state index in [1.165, 1.54) is 0 Å². The number of carbonyl (C=O) groups excluding carboxylic acids is 1. The first-order valence-electron chi connectivity index (χ1n) is 5.79. The number of nitrogens with zero attached hydrogens (tertiary/aromatic N) is 3. The van der Waals surface area contributed by atoms with Gasteiger partial charge in [-0.05, 0) is 0 Å². The third kappa shape index (κ3) is 4.86. The number of terminal acetylenes is 1. The lowest BCUT2D eigenvalue weighted by molar-refractivity contribution is -0.131. The highest BCUT2D eigenvalue weighted by molar-refractivity contribution is 5.78. The van der Waals surface area contributed by atoms with Gasteiger partial charge in [0.1, 0.15) is 0 Å². The molecule has 1 fully saturated rings. The quantitative estimate of drug-likeness (QED) is 0.503. The fourth-order valence-corrected chi connectivity index (χ4v) is 1.78. The molecule has 1 rings (SSSR count). The molecule has 1 heterocycles. The number of carbonyl (C=O) groups is 1. The largest absolute Gasteiger partial charge is 0.339 e. The van der Waals surface area contributed by atoms with Crippen LogP contribution >= 0.6 is 0 Å². The van der Waals surface area contributed by atoms with Crippen molar-refractivity contribution in [2.45, 2.75) is 6.42 Å². The minimum Gasteiger partial charge on any atom is -0.339 e. The van der Waals surface area contributed by atoms with Crippen LogP contribution in [0.5, 0.6) is 0 Å². The maximum absolute atomic E-state index is 11.7. The second-order valence-electron chi connectivity index (χ2n) is 3.94. The predicted octanol–water partition coefficient (Wildman–Crippen LogP) is -0.733. The molecule has 0 atom stereocenters. The van der Waals surface area contributed by atoms with Crippen molar-refractivity contribution in [1.29, 1.82) is 5.26 Å². The van der Waals surface area contributed by atoms with Crippen molar-refractivity contribution in [3.63, 3.8) is 0 Å². The van der Waals surface area contributed by atoms with Crippen molar-refractivity contribution in [1.82, 2.24) is 15.1 Å². The lowest BCUT2D eigenvalue weighted by Gasteiger charge is -2.34. The number of piperazine rings is 1. The number of rotatable bonds is 5. The Bertz CT molecular complexity index is 320. The normalized spacial score (nSPS) is 16.2.